The van der Waals surface area contributed by atoms with E-state index in [9.17, 15) is 14.4 Å². The average Bonchev–Trinajstić information content (AvgIpc) is 2.73. The summed E-state index contributed by atoms with van der Waals surface area (Å²) in [5.74, 6) is -1.46. The first kappa shape index (κ1) is 15.3. The van der Waals surface area contributed by atoms with Crippen LogP contribution in [-0.4, -0.2) is 29.4 Å². The predicted molar refractivity (Wildman–Crippen MR) is 79.2 cm³/mol. The van der Waals surface area contributed by atoms with Crippen molar-refractivity contribution in [1.82, 2.24) is 4.90 Å². The summed E-state index contributed by atoms with van der Waals surface area (Å²) in [7, 11) is 0. The lowest BCUT2D eigenvalue weighted by Crippen LogP contribution is -2.35. The van der Waals surface area contributed by atoms with Crippen LogP contribution in [0.5, 0.6) is 0 Å². The summed E-state index contributed by atoms with van der Waals surface area (Å²) in [5.41, 5.74) is -0.220. The summed E-state index contributed by atoms with van der Waals surface area (Å²) in [5, 5.41) is 0. The molecule has 0 aromatic rings. The van der Waals surface area contributed by atoms with Gasteiger partial charge < -0.3 is 4.74 Å². The molecular weight excluding hydrogens is 282 g/mol. The smallest absolute Gasteiger partial charge is 0.311 e. The third kappa shape index (κ3) is 1.94. The number of hydrogen-bond donors (Lipinski definition) is 0. The van der Waals surface area contributed by atoms with E-state index in [1.165, 1.54) is 0 Å². The number of esters is 1. The van der Waals surface area contributed by atoms with Crippen molar-refractivity contribution in [3.8, 4) is 0 Å². The van der Waals surface area contributed by atoms with Crippen molar-refractivity contribution in [1.29, 1.82) is 0 Å². The van der Waals surface area contributed by atoms with Gasteiger partial charge in [0.05, 0.1) is 17.8 Å². The Bertz CT molecular complexity index is 535. The molecule has 2 amide bonds. The highest BCUT2D eigenvalue weighted by Gasteiger charge is 2.69. The van der Waals surface area contributed by atoms with E-state index >= 15 is 0 Å². The Hall–Kier alpha value is -1.65. The van der Waals surface area contributed by atoms with Crippen LogP contribution in [-0.2, 0) is 19.1 Å². The first-order chi connectivity index (χ1) is 10.2. The maximum absolute atomic E-state index is 12.3. The number of fused-ring (bicyclic) bond motifs is 1. The monoisotopic (exact) mass is 305 g/mol. The number of allylic oxidation sites excluding steroid dienone is 2. The molecule has 2 aliphatic carbocycles. The van der Waals surface area contributed by atoms with Gasteiger partial charge in [-0.1, -0.05) is 39.8 Å². The fourth-order valence-corrected chi connectivity index (χ4v) is 3.99. The van der Waals surface area contributed by atoms with Gasteiger partial charge in [0.2, 0.25) is 11.8 Å². The Morgan fingerprint density at radius 3 is 1.95 bits per heavy atom. The Morgan fingerprint density at radius 2 is 1.55 bits per heavy atom. The second-order valence-corrected chi connectivity index (χ2v) is 7.73. The van der Waals surface area contributed by atoms with Gasteiger partial charge in [0.1, 0.15) is 0 Å². The van der Waals surface area contributed by atoms with Crippen LogP contribution in [0.4, 0.5) is 0 Å². The molecule has 1 heterocycles. The van der Waals surface area contributed by atoms with Crippen LogP contribution in [0.1, 0.15) is 40.5 Å². The third-order valence-electron chi connectivity index (χ3n) is 6.19. The fraction of sp³-hybridized carbons (Fsp3) is 0.706. The Balaban J connectivity index is 1.62. The number of carbonyl (C=O) groups is 3. The molecule has 5 nitrogen and oxygen atoms in total. The first-order valence-electron chi connectivity index (χ1n) is 7.86. The van der Waals surface area contributed by atoms with Gasteiger partial charge in [-0.15, -0.1) is 0 Å². The van der Waals surface area contributed by atoms with Gasteiger partial charge in [-0.25, -0.2) is 4.90 Å². The normalized spacial score (nSPS) is 32.1. The highest BCUT2D eigenvalue weighted by molar-refractivity contribution is 6.05. The molecule has 120 valence electrons. The Morgan fingerprint density at radius 1 is 1.09 bits per heavy atom. The molecule has 0 radical (unpaired) electrons. The lowest BCUT2D eigenvalue weighted by atomic mass is 9.85. The maximum atomic E-state index is 12.3. The first-order valence-corrected chi connectivity index (χ1v) is 7.86. The zero-order valence-electron chi connectivity index (χ0n) is 13.6. The lowest BCUT2D eigenvalue weighted by molar-refractivity contribution is -0.158. The number of rotatable bonds is 3. The molecule has 0 aromatic carbocycles. The molecule has 0 spiro atoms. The zero-order chi connectivity index (χ0) is 16.3. The average molecular weight is 305 g/mol. The van der Waals surface area contributed by atoms with Crippen molar-refractivity contribution in [2.45, 2.75) is 40.5 Å². The van der Waals surface area contributed by atoms with Gasteiger partial charge in [0, 0.05) is 0 Å². The minimum absolute atomic E-state index is 0.110. The molecule has 2 atom stereocenters. The molecule has 3 rings (SSSR count). The van der Waals surface area contributed by atoms with Gasteiger partial charge in [0.25, 0.3) is 0 Å². The summed E-state index contributed by atoms with van der Waals surface area (Å²) in [6, 6.07) is 0. The largest absolute Gasteiger partial charge is 0.443 e. The van der Waals surface area contributed by atoms with Crippen LogP contribution in [0.2, 0.25) is 0 Å². The Kier molecular flexibility index (Phi) is 3.24. The van der Waals surface area contributed by atoms with Crippen LogP contribution in [0, 0.1) is 28.6 Å². The van der Waals surface area contributed by atoms with Gasteiger partial charge in [-0.05, 0) is 23.7 Å². The van der Waals surface area contributed by atoms with Crippen LogP contribution < -0.4 is 0 Å². The topological polar surface area (TPSA) is 63.7 Å². The molecule has 0 bridgehead atoms. The summed E-state index contributed by atoms with van der Waals surface area (Å²) in [4.78, 5) is 37.9. The highest BCUT2D eigenvalue weighted by atomic mass is 16.5. The van der Waals surface area contributed by atoms with Crippen molar-refractivity contribution in [3.05, 3.63) is 12.2 Å². The van der Waals surface area contributed by atoms with Crippen molar-refractivity contribution < 1.29 is 19.1 Å². The molecule has 0 N–H and O–H groups in total. The van der Waals surface area contributed by atoms with Crippen molar-refractivity contribution in [3.63, 3.8) is 0 Å². The number of carbonyl (C=O) groups excluding carboxylic acids is 3. The standard InChI is InChI=1S/C17H23NO4/c1-16(2)12(17(16,3)4)15(21)22-9-18-13(19)10-7-5-6-8-11(10)14(18)20/h5-6,10-12H,7-9H2,1-4H3. The van der Waals surface area contributed by atoms with Crippen LogP contribution in [0.15, 0.2) is 12.2 Å². The third-order valence-corrected chi connectivity index (χ3v) is 6.19. The molecular formula is C17H23NO4. The van der Waals surface area contributed by atoms with Crippen molar-refractivity contribution >= 4 is 17.8 Å². The van der Waals surface area contributed by atoms with E-state index in [1.807, 2.05) is 39.8 Å². The molecule has 0 aromatic heterocycles. The maximum Gasteiger partial charge on any atom is 0.311 e. The summed E-state index contributed by atoms with van der Waals surface area (Å²) in [6.07, 6.45) is 5.08. The highest BCUT2D eigenvalue weighted by Crippen LogP contribution is 2.68. The van der Waals surface area contributed by atoms with Gasteiger partial charge in [0.15, 0.2) is 6.73 Å². The number of imide groups is 1. The molecule has 2 unspecified atom stereocenters. The predicted octanol–water partition coefficient (Wildman–Crippen LogP) is 2.12. The molecule has 5 heteroatoms. The van der Waals surface area contributed by atoms with E-state index in [4.69, 9.17) is 4.74 Å². The number of likely N-dealkylation sites (tertiary alicyclic amines) is 1. The van der Waals surface area contributed by atoms with E-state index in [0.717, 1.165) is 4.90 Å². The van der Waals surface area contributed by atoms with E-state index in [0.29, 0.717) is 12.8 Å². The fourth-order valence-electron chi connectivity index (χ4n) is 3.99. The van der Waals surface area contributed by atoms with Gasteiger partial charge in [-0.3, -0.25) is 14.4 Å². The van der Waals surface area contributed by atoms with Crippen LogP contribution in [0.25, 0.3) is 0 Å². The quantitative estimate of drug-likeness (QED) is 0.455. The van der Waals surface area contributed by atoms with Gasteiger partial charge in [-0.2, -0.15) is 0 Å². The Labute approximate surface area is 130 Å². The summed E-state index contributed by atoms with van der Waals surface area (Å²) >= 11 is 0. The van der Waals surface area contributed by atoms with Crippen molar-refractivity contribution in [2.75, 3.05) is 6.73 Å². The minimum Gasteiger partial charge on any atom is -0.443 e. The molecule has 3 aliphatic rings. The number of hydrogen-bond acceptors (Lipinski definition) is 4. The summed E-state index contributed by atoms with van der Waals surface area (Å²) in [6.45, 7) is 7.89. The molecule has 1 aliphatic heterocycles. The number of nitrogens with zero attached hydrogens (tertiary/aromatic N) is 1. The molecule has 2 fully saturated rings. The van der Waals surface area contributed by atoms with E-state index in [-0.39, 0.29) is 53.1 Å². The zero-order valence-corrected chi connectivity index (χ0v) is 13.6. The van der Waals surface area contributed by atoms with E-state index < -0.39 is 0 Å². The molecule has 22 heavy (non-hydrogen) atoms. The second kappa shape index (κ2) is 4.67. The molecule has 1 saturated carbocycles. The second-order valence-electron chi connectivity index (χ2n) is 7.73. The van der Waals surface area contributed by atoms with Gasteiger partial charge >= 0.3 is 5.97 Å². The summed E-state index contributed by atoms with van der Waals surface area (Å²) < 4.78 is 5.29. The van der Waals surface area contributed by atoms with E-state index in [2.05, 4.69) is 0 Å². The molecule has 1 saturated heterocycles. The lowest BCUT2D eigenvalue weighted by Gasteiger charge is -2.15. The SMILES string of the molecule is CC1(C)C(C(=O)OCN2C(=O)C3CC=CCC3C2=O)C1(C)C. The van der Waals surface area contributed by atoms with Crippen molar-refractivity contribution in [2.24, 2.45) is 28.6 Å². The van der Waals surface area contributed by atoms with E-state index in [1.54, 1.807) is 0 Å². The number of ether oxygens (including phenoxy) is 1. The number of amides is 2. The minimum atomic E-state index is -0.316. The van der Waals surface area contributed by atoms with Crippen LogP contribution in [0.3, 0.4) is 0 Å². The van der Waals surface area contributed by atoms with Crippen LogP contribution >= 0.6 is 0 Å².